The summed E-state index contributed by atoms with van der Waals surface area (Å²) in [5.41, 5.74) is 1.11. The van der Waals surface area contributed by atoms with Gasteiger partial charge in [-0.25, -0.2) is 0 Å². The molecule has 4 heteroatoms. The van der Waals surface area contributed by atoms with Crippen LogP contribution < -0.4 is 0 Å². The van der Waals surface area contributed by atoms with E-state index in [1.165, 1.54) is 0 Å². The van der Waals surface area contributed by atoms with E-state index in [1.54, 1.807) is 22.3 Å². The predicted octanol–water partition coefficient (Wildman–Crippen LogP) is 4.18. The Hall–Kier alpha value is -1.39. The summed E-state index contributed by atoms with van der Waals surface area (Å²) in [6.07, 6.45) is 3.47. The number of halogens is 1. The SMILES string of the molecule is CN(Cc1ccc(Br)cc1)C(=O)C=Cc1cccs1. The van der Waals surface area contributed by atoms with Gasteiger partial charge in [0.2, 0.25) is 5.91 Å². The summed E-state index contributed by atoms with van der Waals surface area (Å²) in [6, 6.07) is 11.9. The van der Waals surface area contributed by atoms with Crippen molar-refractivity contribution in [3.05, 3.63) is 62.8 Å². The van der Waals surface area contributed by atoms with Crippen molar-refractivity contribution in [3.63, 3.8) is 0 Å². The first-order chi connectivity index (χ1) is 9.15. The molecule has 0 saturated heterocycles. The van der Waals surface area contributed by atoms with Crippen LogP contribution >= 0.6 is 27.3 Å². The molecule has 0 saturated carbocycles. The second-order valence-electron chi connectivity index (χ2n) is 4.17. The topological polar surface area (TPSA) is 20.3 Å². The van der Waals surface area contributed by atoms with Gasteiger partial charge in [-0.15, -0.1) is 11.3 Å². The molecule has 19 heavy (non-hydrogen) atoms. The Labute approximate surface area is 125 Å². The second-order valence-corrected chi connectivity index (χ2v) is 6.06. The third kappa shape index (κ3) is 4.33. The minimum Gasteiger partial charge on any atom is -0.338 e. The molecule has 2 aromatic rings. The average Bonchev–Trinajstić information content (AvgIpc) is 2.91. The number of amides is 1. The summed E-state index contributed by atoms with van der Waals surface area (Å²) in [5, 5.41) is 2.00. The van der Waals surface area contributed by atoms with Crippen LogP contribution in [0.5, 0.6) is 0 Å². The van der Waals surface area contributed by atoms with Crippen LogP contribution in [-0.4, -0.2) is 17.9 Å². The third-order valence-electron chi connectivity index (χ3n) is 2.64. The molecule has 0 unspecified atom stereocenters. The number of hydrogen-bond acceptors (Lipinski definition) is 2. The van der Waals surface area contributed by atoms with Crippen LogP contribution in [-0.2, 0) is 11.3 Å². The van der Waals surface area contributed by atoms with Gasteiger partial charge < -0.3 is 4.90 Å². The lowest BCUT2D eigenvalue weighted by Gasteiger charge is -2.15. The van der Waals surface area contributed by atoms with Crippen molar-refractivity contribution in [2.75, 3.05) is 7.05 Å². The van der Waals surface area contributed by atoms with E-state index in [-0.39, 0.29) is 5.91 Å². The van der Waals surface area contributed by atoms with E-state index in [0.717, 1.165) is 14.9 Å². The number of rotatable bonds is 4. The summed E-state index contributed by atoms with van der Waals surface area (Å²) in [4.78, 5) is 14.7. The van der Waals surface area contributed by atoms with Crippen LogP contribution in [0, 0.1) is 0 Å². The Morgan fingerprint density at radius 1 is 1.32 bits per heavy atom. The number of nitrogens with zero attached hydrogens (tertiary/aromatic N) is 1. The van der Waals surface area contributed by atoms with Crippen LogP contribution in [0.25, 0.3) is 6.08 Å². The van der Waals surface area contributed by atoms with Gasteiger partial charge in [-0.1, -0.05) is 34.1 Å². The van der Waals surface area contributed by atoms with Crippen LogP contribution in [0.1, 0.15) is 10.4 Å². The van der Waals surface area contributed by atoms with Gasteiger partial charge in [0.1, 0.15) is 0 Å². The fourth-order valence-electron chi connectivity index (χ4n) is 1.61. The lowest BCUT2D eigenvalue weighted by molar-refractivity contribution is -0.125. The van der Waals surface area contributed by atoms with Crippen LogP contribution in [0.15, 0.2) is 52.3 Å². The predicted molar refractivity (Wildman–Crippen MR) is 84.0 cm³/mol. The monoisotopic (exact) mass is 335 g/mol. The number of carbonyl (C=O) groups is 1. The van der Waals surface area contributed by atoms with Crippen molar-refractivity contribution >= 4 is 39.2 Å². The van der Waals surface area contributed by atoms with Gasteiger partial charge in [-0.3, -0.25) is 4.79 Å². The zero-order valence-corrected chi connectivity index (χ0v) is 12.9. The summed E-state index contributed by atoms with van der Waals surface area (Å²) in [6.45, 7) is 0.612. The Morgan fingerprint density at radius 2 is 2.05 bits per heavy atom. The van der Waals surface area contributed by atoms with Crippen molar-refractivity contribution < 1.29 is 4.79 Å². The molecule has 0 spiro atoms. The van der Waals surface area contributed by atoms with E-state index in [9.17, 15) is 4.79 Å². The quantitative estimate of drug-likeness (QED) is 0.767. The minimum atomic E-state index is 0.0105. The molecule has 2 nitrogen and oxygen atoms in total. The van der Waals surface area contributed by atoms with Gasteiger partial charge in [-0.05, 0) is 35.2 Å². The van der Waals surface area contributed by atoms with Crippen LogP contribution in [0.3, 0.4) is 0 Å². The molecule has 1 heterocycles. The fraction of sp³-hybridized carbons (Fsp3) is 0.133. The highest BCUT2D eigenvalue weighted by molar-refractivity contribution is 9.10. The largest absolute Gasteiger partial charge is 0.338 e. The highest BCUT2D eigenvalue weighted by atomic mass is 79.9. The molecule has 0 atom stereocenters. The Morgan fingerprint density at radius 3 is 2.68 bits per heavy atom. The molecule has 1 aromatic carbocycles. The molecule has 0 bridgehead atoms. The number of hydrogen-bond donors (Lipinski definition) is 0. The Kier molecular flexibility index (Phi) is 4.93. The second kappa shape index (κ2) is 6.68. The minimum absolute atomic E-state index is 0.0105. The highest BCUT2D eigenvalue weighted by Crippen LogP contribution is 2.13. The molecule has 0 aliphatic heterocycles. The van der Waals surface area contributed by atoms with E-state index < -0.39 is 0 Å². The number of likely N-dealkylation sites (N-methyl/N-ethyl adjacent to an activating group) is 1. The van der Waals surface area contributed by atoms with Gasteiger partial charge in [0, 0.05) is 29.0 Å². The zero-order chi connectivity index (χ0) is 13.7. The lowest BCUT2D eigenvalue weighted by atomic mass is 10.2. The Bertz CT molecular complexity index is 560. The highest BCUT2D eigenvalue weighted by Gasteiger charge is 2.05. The summed E-state index contributed by atoms with van der Waals surface area (Å²) in [5.74, 6) is 0.0105. The maximum atomic E-state index is 11.9. The van der Waals surface area contributed by atoms with Crippen molar-refractivity contribution in [1.29, 1.82) is 0 Å². The first-order valence-electron chi connectivity index (χ1n) is 5.86. The molecular formula is C15H14BrNOS. The standard InChI is InChI=1S/C15H14BrNOS/c1-17(11-12-4-6-13(16)7-5-12)15(18)9-8-14-3-2-10-19-14/h2-10H,11H2,1H3. The Balaban J connectivity index is 1.94. The van der Waals surface area contributed by atoms with Crippen molar-refractivity contribution in [3.8, 4) is 0 Å². The van der Waals surface area contributed by atoms with E-state index in [1.807, 2.05) is 54.9 Å². The van der Waals surface area contributed by atoms with Crippen molar-refractivity contribution in [1.82, 2.24) is 4.90 Å². The summed E-state index contributed by atoms with van der Waals surface area (Å²) < 4.78 is 1.04. The van der Waals surface area contributed by atoms with Gasteiger partial charge in [-0.2, -0.15) is 0 Å². The van der Waals surface area contributed by atoms with Gasteiger partial charge in [0.15, 0.2) is 0 Å². The molecule has 0 radical (unpaired) electrons. The number of benzene rings is 1. The van der Waals surface area contributed by atoms with E-state index in [0.29, 0.717) is 6.54 Å². The molecule has 1 amide bonds. The molecule has 0 aliphatic carbocycles. The fourth-order valence-corrected chi connectivity index (χ4v) is 2.49. The van der Waals surface area contributed by atoms with Crippen molar-refractivity contribution in [2.24, 2.45) is 0 Å². The van der Waals surface area contributed by atoms with Gasteiger partial charge in [0.25, 0.3) is 0 Å². The number of thiophene rings is 1. The lowest BCUT2D eigenvalue weighted by Crippen LogP contribution is -2.23. The molecule has 0 N–H and O–H groups in total. The number of carbonyl (C=O) groups excluding carboxylic acids is 1. The van der Waals surface area contributed by atoms with Crippen molar-refractivity contribution in [2.45, 2.75) is 6.54 Å². The summed E-state index contributed by atoms with van der Waals surface area (Å²) in [7, 11) is 1.81. The van der Waals surface area contributed by atoms with Gasteiger partial charge in [0.05, 0.1) is 0 Å². The first kappa shape index (κ1) is 14.0. The zero-order valence-electron chi connectivity index (χ0n) is 10.5. The molecule has 0 aliphatic rings. The van der Waals surface area contributed by atoms with Crippen LogP contribution in [0.2, 0.25) is 0 Å². The maximum Gasteiger partial charge on any atom is 0.246 e. The van der Waals surface area contributed by atoms with E-state index >= 15 is 0 Å². The van der Waals surface area contributed by atoms with E-state index in [4.69, 9.17) is 0 Å². The first-order valence-corrected chi connectivity index (χ1v) is 7.53. The summed E-state index contributed by atoms with van der Waals surface area (Å²) >= 11 is 5.02. The molecule has 2 rings (SSSR count). The third-order valence-corrected chi connectivity index (χ3v) is 4.01. The average molecular weight is 336 g/mol. The molecule has 1 aromatic heterocycles. The van der Waals surface area contributed by atoms with Gasteiger partial charge >= 0.3 is 0 Å². The molecule has 0 fully saturated rings. The smallest absolute Gasteiger partial charge is 0.246 e. The molecule has 98 valence electrons. The normalized spacial score (nSPS) is 10.8. The van der Waals surface area contributed by atoms with E-state index in [2.05, 4.69) is 15.9 Å². The van der Waals surface area contributed by atoms with Crippen LogP contribution in [0.4, 0.5) is 0 Å². The maximum absolute atomic E-state index is 11.9. The molecular weight excluding hydrogens is 322 g/mol.